The van der Waals surface area contributed by atoms with Crippen LogP contribution in [0.3, 0.4) is 0 Å². The molecule has 0 atom stereocenters. The van der Waals surface area contributed by atoms with Crippen molar-refractivity contribution >= 4 is 29.8 Å². The molecule has 0 amide bonds. The zero-order valence-corrected chi connectivity index (χ0v) is 33.4. The van der Waals surface area contributed by atoms with Gasteiger partial charge >= 0.3 is 29.8 Å². The van der Waals surface area contributed by atoms with Crippen LogP contribution in [-0.4, -0.2) is 56.3 Å². The first kappa shape index (κ1) is 45.6. The summed E-state index contributed by atoms with van der Waals surface area (Å²) in [6.45, 7) is 8.27. The van der Waals surface area contributed by atoms with E-state index >= 15 is 0 Å². The second kappa shape index (κ2) is 25.3. The molecule has 0 fully saturated rings. The molecule has 60 heavy (non-hydrogen) atoms. The third-order valence-corrected chi connectivity index (χ3v) is 8.69. The zero-order valence-electron chi connectivity index (χ0n) is 33.4. The number of esters is 5. The van der Waals surface area contributed by atoms with E-state index in [4.69, 9.17) is 39.6 Å². The van der Waals surface area contributed by atoms with E-state index < -0.39 is 29.8 Å². The van der Waals surface area contributed by atoms with Crippen molar-refractivity contribution in [2.24, 2.45) is 0 Å². The number of unbranched alkanes of at least 4 members (excludes halogenated alkanes) is 6. The summed E-state index contributed by atoms with van der Waals surface area (Å²) in [4.78, 5) is 62.0. The van der Waals surface area contributed by atoms with E-state index in [-0.39, 0.29) is 34.8 Å². The van der Waals surface area contributed by atoms with Crippen LogP contribution >= 0.6 is 0 Å². The fraction of sp³-hybridized carbons (Fsp3) is 0.271. The molecule has 0 radical (unpaired) electrons. The highest BCUT2D eigenvalue weighted by molar-refractivity contribution is 5.97. The van der Waals surface area contributed by atoms with Gasteiger partial charge in [0, 0.05) is 17.7 Å². The molecule has 4 aromatic carbocycles. The van der Waals surface area contributed by atoms with Crippen LogP contribution in [0, 0.1) is 12.3 Å². The van der Waals surface area contributed by atoms with E-state index in [0.717, 1.165) is 63.5 Å². The first-order chi connectivity index (χ1) is 29.2. The summed E-state index contributed by atoms with van der Waals surface area (Å²) in [6.07, 6.45) is 14.4. The molecule has 4 aromatic rings. The number of carbonyl (C=O) groups is 5. The maximum Gasteiger partial charge on any atom is 0.343 e. The molecule has 0 aliphatic rings. The van der Waals surface area contributed by atoms with Gasteiger partial charge in [-0.25, -0.2) is 24.0 Å². The lowest BCUT2D eigenvalue weighted by atomic mass is 10.1. The van der Waals surface area contributed by atoms with Gasteiger partial charge in [-0.3, -0.25) is 0 Å². The van der Waals surface area contributed by atoms with Crippen LogP contribution in [0.25, 0.3) is 0 Å². The van der Waals surface area contributed by atoms with E-state index in [1.54, 1.807) is 72.8 Å². The molecule has 0 aliphatic carbocycles. The lowest BCUT2D eigenvalue weighted by Gasteiger charge is -2.13. The van der Waals surface area contributed by atoms with E-state index in [9.17, 15) is 24.0 Å². The van der Waals surface area contributed by atoms with Crippen molar-refractivity contribution in [3.8, 4) is 35.3 Å². The number of benzene rings is 4. The Hall–Kier alpha value is -7.13. The van der Waals surface area contributed by atoms with Gasteiger partial charge < -0.3 is 33.2 Å². The standard InChI is InChI=1S/C48H48O12/c1-4-35-15-17-36(18-16-35)34-58-48(53)42-33-41(59-46(51)37-19-23-39(24-20-37)54-29-11-7-9-13-31-56-44(49)5-2)27-28-43(42)60-47(52)38-21-25-40(26-22-38)55-30-12-8-10-14-32-57-45(50)6-3/h1,5-6,15-28,33H,2-3,7-14,29-32,34H2. The van der Waals surface area contributed by atoms with Crippen LogP contribution in [0.2, 0.25) is 0 Å². The largest absolute Gasteiger partial charge is 0.494 e. The molecular formula is C48H48O12. The van der Waals surface area contributed by atoms with Gasteiger partial charge in [0.15, 0.2) is 0 Å². The maximum absolute atomic E-state index is 13.5. The van der Waals surface area contributed by atoms with Crippen LogP contribution in [0.1, 0.15) is 93.6 Å². The summed E-state index contributed by atoms with van der Waals surface area (Å²) in [7, 11) is 0. The first-order valence-corrected chi connectivity index (χ1v) is 19.5. The Morgan fingerprint density at radius 2 is 0.983 bits per heavy atom. The molecule has 0 aromatic heterocycles. The van der Waals surface area contributed by atoms with Gasteiger partial charge in [-0.2, -0.15) is 0 Å². The van der Waals surface area contributed by atoms with Crippen LogP contribution in [-0.2, 0) is 30.4 Å². The monoisotopic (exact) mass is 816 g/mol. The van der Waals surface area contributed by atoms with Crippen LogP contribution < -0.4 is 18.9 Å². The Kier molecular flexibility index (Phi) is 19.2. The lowest BCUT2D eigenvalue weighted by Crippen LogP contribution is -2.14. The number of hydrogen-bond acceptors (Lipinski definition) is 12. The number of carbonyl (C=O) groups excluding carboxylic acids is 5. The Balaban J connectivity index is 1.33. The van der Waals surface area contributed by atoms with E-state index in [1.165, 1.54) is 18.2 Å². The quantitative estimate of drug-likeness (QED) is 0.0157. The van der Waals surface area contributed by atoms with Gasteiger partial charge in [0.2, 0.25) is 0 Å². The maximum atomic E-state index is 13.5. The number of ether oxygens (including phenoxy) is 7. The topological polar surface area (TPSA) is 150 Å². The van der Waals surface area contributed by atoms with Crippen molar-refractivity contribution in [1.29, 1.82) is 0 Å². The van der Waals surface area contributed by atoms with Gasteiger partial charge in [-0.05, 0) is 136 Å². The highest BCUT2D eigenvalue weighted by Gasteiger charge is 2.21. The van der Waals surface area contributed by atoms with Gasteiger partial charge in [0.1, 0.15) is 35.2 Å². The summed E-state index contributed by atoms with van der Waals surface area (Å²) >= 11 is 0. The highest BCUT2D eigenvalue weighted by atomic mass is 16.6. The van der Waals surface area contributed by atoms with Crippen molar-refractivity contribution in [1.82, 2.24) is 0 Å². The average Bonchev–Trinajstić information content (AvgIpc) is 3.28. The Bertz CT molecular complexity index is 2100. The normalized spacial score (nSPS) is 10.3. The number of rotatable bonds is 25. The third-order valence-electron chi connectivity index (χ3n) is 8.69. The highest BCUT2D eigenvalue weighted by Crippen LogP contribution is 2.28. The molecule has 312 valence electrons. The second-order valence-corrected chi connectivity index (χ2v) is 13.2. The van der Waals surface area contributed by atoms with Crippen molar-refractivity contribution < 1.29 is 57.1 Å². The molecular weight excluding hydrogens is 769 g/mol. The minimum atomic E-state index is -0.823. The van der Waals surface area contributed by atoms with Crippen molar-refractivity contribution in [3.05, 3.63) is 144 Å². The minimum absolute atomic E-state index is 0.0161. The molecule has 0 N–H and O–H groups in total. The molecule has 0 heterocycles. The van der Waals surface area contributed by atoms with Gasteiger partial charge in [0.05, 0.1) is 37.6 Å². The molecule has 0 saturated carbocycles. The molecule has 12 nitrogen and oxygen atoms in total. The van der Waals surface area contributed by atoms with Crippen LogP contribution in [0.15, 0.2) is 116 Å². The van der Waals surface area contributed by atoms with Gasteiger partial charge in [-0.15, -0.1) is 6.42 Å². The van der Waals surface area contributed by atoms with Crippen LogP contribution in [0.5, 0.6) is 23.0 Å². The van der Waals surface area contributed by atoms with E-state index in [1.807, 2.05) is 0 Å². The summed E-state index contributed by atoms with van der Waals surface area (Å²) in [5.41, 5.74) is 1.64. The van der Waals surface area contributed by atoms with Crippen molar-refractivity contribution in [2.45, 2.75) is 58.0 Å². The lowest BCUT2D eigenvalue weighted by molar-refractivity contribution is -0.138. The Morgan fingerprint density at radius 1 is 0.517 bits per heavy atom. The third kappa shape index (κ3) is 16.0. The Labute approximate surface area is 350 Å². The van der Waals surface area contributed by atoms with E-state index in [2.05, 4.69) is 19.1 Å². The second-order valence-electron chi connectivity index (χ2n) is 13.2. The summed E-state index contributed by atoms with van der Waals surface area (Å²) in [5.74, 6) is 0.465. The fourth-order valence-corrected chi connectivity index (χ4v) is 5.40. The molecule has 4 rings (SSSR count). The number of terminal acetylenes is 1. The minimum Gasteiger partial charge on any atom is -0.494 e. The van der Waals surface area contributed by atoms with Crippen LogP contribution in [0.4, 0.5) is 0 Å². The predicted molar refractivity (Wildman–Crippen MR) is 223 cm³/mol. The molecule has 0 spiro atoms. The summed E-state index contributed by atoms with van der Waals surface area (Å²) < 4.78 is 38.3. The predicted octanol–water partition coefficient (Wildman–Crippen LogP) is 8.80. The fourth-order valence-electron chi connectivity index (χ4n) is 5.40. The molecule has 0 bridgehead atoms. The molecule has 0 unspecified atom stereocenters. The summed E-state index contributed by atoms with van der Waals surface area (Å²) in [5, 5.41) is 0. The van der Waals surface area contributed by atoms with E-state index in [0.29, 0.717) is 49.1 Å². The molecule has 12 heteroatoms. The summed E-state index contributed by atoms with van der Waals surface area (Å²) in [6, 6.07) is 23.7. The first-order valence-electron chi connectivity index (χ1n) is 19.5. The van der Waals surface area contributed by atoms with Gasteiger partial charge in [-0.1, -0.05) is 31.2 Å². The SMILES string of the molecule is C#Cc1ccc(COC(=O)c2cc(OC(=O)c3ccc(OCCCCCCOC(=O)C=C)cc3)ccc2OC(=O)c2ccc(OCCCCCCOC(=O)C=C)cc2)cc1. The van der Waals surface area contributed by atoms with Crippen molar-refractivity contribution in [2.75, 3.05) is 26.4 Å². The van der Waals surface area contributed by atoms with Gasteiger partial charge in [0.25, 0.3) is 0 Å². The van der Waals surface area contributed by atoms with Crippen molar-refractivity contribution in [3.63, 3.8) is 0 Å². The average molecular weight is 817 g/mol. The number of hydrogen-bond donors (Lipinski definition) is 0. The molecule has 0 saturated heterocycles. The smallest absolute Gasteiger partial charge is 0.343 e. The zero-order chi connectivity index (χ0) is 43.0. The Morgan fingerprint density at radius 3 is 1.47 bits per heavy atom. The molecule has 0 aliphatic heterocycles.